The Bertz CT molecular complexity index is 1110. The van der Waals surface area contributed by atoms with E-state index in [1.54, 1.807) is 6.20 Å². The second kappa shape index (κ2) is 8.31. The van der Waals surface area contributed by atoms with Gasteiger partial charge in [0.2, 0.25) is 0 Å². The lowest BCUT2D eigenvalue weighted by atomic mass is 10.1. The van der Waals surface area contributed by atoms with Crippen LogP contribution in [-0.2, 0) is 6.54 Å². The highest BCUT2D eigenvalue weighted by Gasteiger charge is 2.13. The van der Waals surface area contributed by atoms with Gasteiger partial charge in [0.15, 0.2) is 5.11 Å². The molecular weight excluding hydrogens is 364 g/mol. The smallest absolute Gasteiger partial charge is 0.173 e. The van der Waals surface area contributed by atoms with E-state index in [-0.39, 0.29) is 0 Å². The molecule has 0 saturated heterocycles. The van der Waals surface area contributed by atoms with Gasteiger partial charge in [0.05, 0.1) is 11.2 Å². The zero-order valence-corrected chi connectivity index (χ0v) is 16.6. The van der Waals surface area contributed by atoms with Gasteiger partial charge in [-0.2, -0.15) is 0 Å². The van der Waals surface area contributed by atoms with Gasteiger partial charge in [-0.15, -0.1) is 0 Å². The van der Waals surface area contributed by atoms with Gasteiger partial charge >= 0.3 is 0 Å². The summed E-state index contributed by atoms with van der Waals surface area (Å²) in [5.74, 6) is 0. The molecule has 0 saturated carbocycles. The lowest BCUT2D eigenvalue weighted by Gasteiger charge is -2.26. The summed E-state index contributed by atoms with van der Waals surface area (Å²) < 4.78 is 0. The Morgan fingerprint density at radius 1 is 1.04 bits per heavy atom. The fourth-order valence-corrected chi connectivity index (χ4v) is 3.69. The van der Waals surface area contributed by atoms with Crippen LogP contribution in [0.1, 0.15) is 18.9 Å². The third-order valence-corrected chi connectivity index (χ3v) is 5.11. The largest absolute Gasteiger partial charge is 0.345 e. The first kappa shape index (κ1) is 18.3. The highest BCUT2D eigenvalue weighted by Crippen LogP contribution is 2.30. The summed E-state index contributed by atoms with van der Waals surface area (Å²) in [7, 11) is 0. The Morgan fingerprint density at radius 2 is 1.89 bits per heavy atom. The summed E-state index contributed by atoms with van der Waals surface area (Å²) in [6.07, 6.45) is 6.51. The maximum absolute atomic E-state index is 5.79. The normalized spacial score (nSPS) is 10.9. The molecule has 4 rings (SSSR count). The fraction of sp³-hybridized carbons (Fsp3) is 0.174. The van der Waals surface area contributed by atoms with Crippen LogP contribution in [-0.4, -0.2) is 26.5 Å². The van der Waals surface area contributed by atoms with Gasteiger partial charge in [-0.3, -0.25) is 9.97 Å². The maximum Gasteiger partial charge on any atom is 0.173 e. The highest BCUT2D eigenvalue weighted by molar-refractivity contribution is 7.80. The molecule has 2 heterocycles. The third-order valence-electron chi connectivity index (χ3n) is 4.75. The monoisotopic (exact) mass is 386 g/mol. The Labute approximate surface area is 170 Å². The van der Waals surface area contributed by atoms with Crippen molar-refractivity contribution >= 4 is 44.7 Å². The Morgan fingerprint density at radius 3 is 2.71 bits per heavy atom. The van der Waals surface area contributed by atoms with Crippen LogP contribution in [0.2, 0.25) is 0 Å². The fourth-order valence-electron chi connectivity index (χ4n) is 3.42. The molecule has 140 valence electrons. The zero-order valence-electron chi connectivity index (χ0n) is 15.8. The minimum absolute atomic E-state index is 0.726. The number of aromatic nitrogens is 2. The van der Waals surface area contributed by atoms with Crippen LogP contribution in [0.5, 0.6) is 0 Å². The van der Waals surface area contributed by atoms with Crippen molar-refractivity contribution in [1.82, 2.24) is 14.9 Å². The molecule has 2 aromatic heterocycles. The standard InChI is InChI=1S/C23H22N4S/c1-2-13-27(16-17-7-4-3-5-8-17)23(28)26-21-14-18-10-12-24-15-20(18)22-19(21)9-6-11-25-22/h3-12,14-15H,2,13,16H2,1H3,(H,26,28). The van der Waals surface area contributed by atoms with Crippen molar-refractivity contribution in [1.29, 1.82) is 0 Å². The van der Waals surface area contributed by atoms with Gasteiger partial charge in [0.25, 0.3) is 0 Å². The number of hydrogen-bond acceptors (Lipinski definition) is 3. The van der Waals surface area contributed by atoms with Crippen LogP contribution in [0.25, 0.3) is 21.7 Å². The minimum Gasteiger partial charge on any atom is -0.345 e. The number of thiocarbonyl (C=S) groups is 1. The van der Waals surface area contributed by atoms with E-state index in [0.717, 1.165) is 52.0 Å². The molecule has 0 aliphatic rings. The van der Waals surface area contributed by atoms with E-state index in [9.17, 15) is 0 Å². The number of rotatable bonds is 5. The van der Waals surface area contributed by atoms with Crippen LogP contribution in [0.15, 0.2) is 73.2 Å². The van der Waals surface area contributed by atoms with Gasteiger partial charge in [-0.1, -0.05) is 37.3 Å². The van der Waals surface area contributed by atoms with E-state index in [4.69, 9.17) is 12.2 Å². The van der Waals surface area contributed by atoms with Gasteiger partial charge in [0, 0.05) is 42.5 Å². The van der Waals surface area contributed by atoms with E-state index >= 15 is 0 Å². The number of nitrogens with zero attached hydrogens (tertiary/aromatic N) is 3. The molecule has 4 nitrogen and oxygen atoms in total. The Kier molecular flexibility index (Phi) is 5.44. The van der Waals surface area contributed by atoms with E-state index in [0.29, 0.717) is 0 Å². The average molecular weight is 387 g/mol. The maximum atomic E-state index is 5.79. The molecule has 0 radical (unpaired) electrons. The van der Waals surface area contributed by atoms with Crippen LogP contribution >= 0.6 is 12.2 Å². The summed E-state index contributed by atoms with van der Waals surface area (Å²) in [4.78, 5) is 11.1. The van der Waals surface area contributed by atoms with Gasteiger partial charge in [0.1, 0.15) is 0 Å². The second-order valence-electron chi connectivity index (χ2n) is 6.76. The van der Waals surface area contributed by atoms with Gasteiger partial charge in [-0.25, -0.2) is 0 Å². The Hall–Kier alpha value is -3.05. The summed E-state index contributed by atoms with van der Waals surface area (Å²) >= 11 is 5.79. The molecular formula is C23H22N4S. The molecule has 0 aliphatic heterocycles. The molecule has 0 atom stereocenters. The lowest BCUT2D eigenvalue weighted by molar-refractivity contribution is 0.418. The number of benzene rings is 2. The summed E-state index contributed by atoms with van der Waals surface area (Å²) in [5, 5.41) is 7.39. The predicted molar refractivity (Wildman–Crippen MR) is 120 cm³/mol. The molecule has 4 aromatic rings. The van der Waals surface area contributed by atoms with Crippen LogP contribution < -0.4 is 5.32 Å². The molecule has 2 aromatic carbocycles. The summed E-state index contributed by atoms with van der Waals surface area (Å²) in [6, 6.07) is 18.6. The van der Waals surface area contributed by atoms with Gasteiger partial charge in [-0.05, 0) is 53.9 Å². The molecule has 0 aliphatic carbocycles. The van der Waals surface area contributed by atoms with Crippen molar-refractivity contribution in [3.8, 4) is 0 Å². The first-order valence-electron chi connectivity index (χ1n) is 9.47. The van der Waals surface area contributed by atoms with Crippen molar-refractivity contribution in [3.63, 3.8) is 0 Å². The molecule has 0 fully saturated rings. The topological polar surface area (TPSA) is 41.0 Å². The van der Waals surface area contributed by atoms with Crippen molar-refractivity contribution in [2.45, 2.75) is 19.9 Å². The number of pyridine rings is 2. The quantitative estimate of drug-likeness (QED) is 0.368. The average Bonchev–Trinajstić information content (AvgIpc) is 2.74. The molecule has 5 heteroatoms. The molecule has 0 unspecified atom stereocenters. The molecule has 0 bridgehead atoms. The van der Waals surface area contributed by atoms with E-state index in [1.807, 2.05) is 30.6 Å². The summed E-state index contributed by atoms with van der Waals surface area (Å²) in [6.45, 7) is 3.85. The highest BCUT2D eigenvalue weighted by atomic mass is 32.1. The first-order valence-corrected chi connectivity index (χ1v) is 9.88. The minimum atomic E-state index is 0.726. The van der Waals surface area contributed by atoms with Crippen molar-refractivity contribution in [2.75, 3.05) is 11.9 Å². The van der Waals surface area contributed by atoms with Crippen LogP contribution in [0, 0.1) is 0 Å². The van der Waals surface area contributed by atoms with Crippen molar-refractivity contribution in [2.24, 2.45) is 0 Å². The predicted octanol–water partition coefficient (Wildman–Crippen LogP) is 5.39. The SMILES string of the molecule is CCCN(Cc1ccccc1)C(=S)Nc1cc2ccncc2c2ncccc12. The second-order valence-corrected chi connectivity index (χ2v) is 7.14. The number of nitrogens with one attached hydrogen (secondary N) is 1. The molecule has 0 amide bonds. The molecule has 0 spiro atoms. The van der Waals surface area contributed by atoms with Crippen LogP contribution in [0.3, 0.4) is 0 Å². The molecule has 1 N–H and O–H groups in total. The van der Waals surface area contributed by atoms with Crippen molar-refractivity contribution < 1.29 is 0 Å². The van der Waals surface area contributed by atoms with Gasteiger partial charge < -0.3 is 10.2 Å². The number of anilines is 1. The first-order chi connectivity index (χ1) is 13.8. The third kappa shape index (κ3) is 3.80. The van der Waals surface area contributed by atoms with Crippen molar-refractivity contribution in [3.05, 3.63) is 78.8 Å². The van der Waals surface area contributed by atoms with E-state index in [1.165, 1.54) is 5.56 Å². The van der Waals surface area contributed by atoms with E-state index in [2.05, 4.69) is 63.5 Å². The molecule has 28 heavy (non-hydrogen) atoms. The zero-order chi connectivity index (χ0) is 19.3. The number of fused-ring (bicyclic) bond motifs is 3. The van der Waals surface area contributed by atoms with E-state index < -0.39 is 0 Å². The lowest BCUT2D eigenvalue weighted by Crippen LogP contribution is -2.34. The summed E-state index contributed by atoms with van der Waals surface area (Å²) in [5.41, 5.74) is 3.15. The van der Waals surface area contributed by atoms with Crippen LogP contribution in [0.4, 0.5) is 5.69 Å². The number of hydrogen-bond donors (Lipinski definition) is 1. The Balaban J connectivity index is 1.68.